The van der Waals surface area contributed by atoms with E-state index in [0.29, 0.717) is 11.4 Å². The summed E-state index contributed by atoms with van der Waals surface area (Å²) in [5.74, 6) is -0.0673. The molecule has 2 amide bonds. The lowest BCUT2D eigenvalue weighted by Crippen LogP contribution is -2.55. The summed E-state index contributed by atoms with van der Waals surface area (Å²) < 4.78 is 10.6. The van der Waals surface area contributed by atoms with Crippen LogP contribution in [0, 0.1) is 5.92 Å². The molecular formula is C20H31N3O4. The smallest absolute Gasteiger partial charge is 0.250 e. The predicted octanol–water partition coefficient (Wildman–Crippen LogP) is 2.34. The Morgan fingerprint density at radius 3 is 2.11 bits per heavy atom. The largest absolute Gasteiger partial charge is 0.375 e. The fourth-order valence-electron chi connectivity index (χ4n) is 3.52. The van der Waals surface area contributed by atoms with Crippen LogP contribution in [-0.4, -0.2) is 61.8 Å². The molecule has 0 spiro atoms. The highest BCUT2D eigenvalue weighted by Gasteiger charge is 2.34. The number of hydrogen-bond donors (Lipinski definition) is 2. The fourth-order valence-corrected chi connectivity index (χ4v) is 3.52. The van der Waals surface area contributed by atoms with Crippen molar-refractivity contribution >= 4 is 23.2 Å². The lowest BCUT2D eigenvalue weighted by atomic mass is 9.99. The molecule has 2 N–H and O–H groups in total. The maximum Gasteiger partial charge on any atom is 0.250 e. The fraction of sp³-hybridized carbons (Fsp3) is 0.600. The molecule has 0 aliphatic carbocycles. The predicted molar refractivity (Wildman–Crippen MR) is 106 cm³/mol. The van der Waals surface area contributed by atoms with E-state index in [1.165, 1.54) is 7.11 Å². The Kier molecular flexibility index (Phi) is 7.77. The molecule has 7 heteroatoms. The van der Waals surface area contributed by atoms with Crippen LogP contribution in [0.3, 0.4) is 0 Å². The van der Waals surface area contributed by atoms with Crippen LogP contribution in [0.2, 0.25) is 0 Å². The third kappa shape index (κ3) is 6.30. The normalized spacial score (nSPS) is 21.7. The second kappa shape index (κ2) is 9.82. The third-order valence-corrected chi connectivity index (χ3v) is 4.45. The quantitative estimate of drug-likeness (QED) is 0.762. The number of rotatable bonds is 7. The van der Waals surface area contributed by atoms with E-state index in [1.807, 2.05) is 13.8 Å². The molecule has 150 valence electrons. The van der Waals surface area contributed by atoms with Gasteiger partial charge in [0.05, 0.1) is 18.2 Å². The topological polar surface area (TPSA) is 79.9 Å². The van der Waals surface area contributed by atoms with E-state index in [-0.39, 0.29) is 42.6 Å². The first-order valence-electron chi connectivity index (χ1n) is 9.39. The first kappa shape index (κ1) is 21.3. The molecule has 27 heavy (non-hydrogen) atoms. The number of anilines is 2. The molecule has 0 aromatic heterocycles. The number of ether oxygens (including phenoxy) is 2. The average Bonchev–Trinajstić information content (AvgIpc) is 2.55. The van der Waals surface area contributed by atoms with Gasteiger partial charge in [0.1, 0.15) is 6.61 Å². The number of amides is 2. The second-order valence-corrected chi connectivity index (χ2v) is 7.45. The molecule has 0 radical (unpaired) electrons. The standard InChI is InChI=1S/C20H31N3O4/c1-13(2)19(23-10-14(3)27-15(4)11-23)20(25)22-17-8-6-16(7-9-17)21-18(24)12-26-5/h6-9,13-15,19H,10-12H2,1-5H3,(H,21,24)(H,22,25)/t14-,15-,19+/m0/s1. The molecule has 1 fully saturated rings. The third-order valence-electron chi connectivity index (χ3n) is 4.45. The molecule has 1 heterocycles. The van der Waals surface area contributed by atoms with Crippen LogP contribution >= 0.6 is 0 Å². The van der Waals surface area contributed by atoms with Crippen molar-refractivity contribution in [1.82, 2.24) is 4.90 Å². The number of nitrogens with one attached hydrogen (secondary N) is 2. The first-order chi connectivity index (χ1) is 12.8. The Labute approximate surface area is 161 Å². The van der Waals surface area contributed by atoms with Crippen LogP contribution in [-0.2, 0) is 19.1 Å². The first-order valence-corrected chi connectivity index (χ1v) is 9.39. The minimum Gasteiger partial charge on any atom is -0.375 e. The maximum absolute atomic E-state index is 12.9. The Hall–Kier alpha value is -1.96. The van der Waals surface area contributed by atoms with Gasteiger partial charge in [-0.1, -0.05) is 13.8 Å². The zero-order valence-electron chi connectivity index (χ0n) is 16.8. The number of carbonyl (C=O) groups is 2. The van der Waals surface area contributed by atoms with Crippen molar-refractivity contribution in [2.45, 2.75) is 45.9 Å². The van der Waals surface area contributed by atoms with Gasteiger partial charge in [-0.15, -0.1) is 0 Å². The van der Waals surface area contributed by atoms with Crippen molar-refractivity contribution in [3.05, 3.63) is 24.3 Å². The van der Waals surface area contributed by atoms with Crippen molar-refractivity contribution in [1.29, 1.82) is 0 Å². The number of benzene rings is 1. The van der Waals surface area contributed by atoms with E-state index in [4.69, 9.17) is 9.47 Å². The number of nitrogens with zero attached hydrogens (tertiary/aromatic N) is 1. The summed E-state index contributed by atoms with van der Waals surface area (Å²) in [5.41, 5.74) is 1.36. The molecule has 7 nitrogen and oxygen atoms in total. The summed E-state index contributed by atoms with van der Waals surface area (Å²) in [6.45, 7) is 9.68. The Bertz CT molecular complexity index is 623. The van der Waals surface area contributed by atoms with Crippen LogP contribution in [0.25, 0.3) is 0 Å². The molecule has 1 saturated heterocycles. The molecule has 0 unspecified atom stereocenters. The van der Waals surface area contributed by atoms with Gasteiger partial charge in [-0.05, 0) is 44.0 Å². The van der Waals surface area contributed by atoms with Gasteiger partial charge in [-0.25, -0.2) is 0 Å². The summed E-state index contributed by atoms with van der Waals surface area (Å²) in [5, 5.41) is 5.72. The number of carbonyl (C=O) groups excluding carboxylic acids is 2. The van der Waals surface area contributed by atoms with E-state index in [1.54, 1.807) is 24.3 Å². The van der Waals surface area contributed by atoms with Crippen LogP contribution < -0.4 is 10.6 Å². The van der Waals surface area contributed by atoms with Crippen LogP contribution in [0.15, 0.2) is 24.3 Å². The van der Waals surface area contributed by atoms with Gasteiger partial charge in [0.15, 0.2) is 0 Å². The molecule has 1 aliphatic heterocycles. The highest BCUT2D eigenvalue weighted by atomic mass is 16.5. The second-order valence-electron chi connectivity index (χ2n) is 7.45. The summed E-state index contributed by atoms with van der Waals surface area (Å²) in [4.78, 5) is 26.7. The molecule has 1 aliphatic rings. The van der Waals surface area contributed by atoms with Gasteiger partial charge in [0.2, 0.25) is 11.8 Å². The summed E-state index contributed by atoms with van der Waals surface area (Å²) in [7, 11) is 1.47. The van der Waals surface area contributed by atoms with E-state index in [9.17, 15) is 9.59 Å². The van der Waals surface area contributed by atoms with Crippen LogP contribution in [0.4, 0.5) is 11.4 Å². The van der Waals surface area contributed by atoms with Gasteiger partial charge < -0.3 is 20.1 Å². The Morgan fingerprint density at radius 1 is 1.11 bits per heavy atom. The zero-order valence-corrected chi connectivity index (χ0v) is 16.8. The lowest BCUT2D eigenvalue weighted by molar-refractivity contribution is -0.130. The van der Waals surface area contributed by atoms with E-state index < -0.39 is 0 Å². The Morgan fingerprint density at radius 2 is 1.63 bits per heavy atom. The van der Waals surface area contributed by atoms with Crippen molar-refractivity contribution < 1.29 is 19.1 Å². The molecule has 2 rings (SSSR count). The van der Waals surface area contributed by atoms with Gasteiger partial charge >= 0.3 is 0 Å². The van der Waals surface area contributed by atoms with E-state index in [2.05, 4.69) is 29.4 Å². The molecule has 0 bridgehead atoms. The lowest BCUT2D eigenvalue weighted by Gasteiger charge is -2.41. The monoisotopic (exact) mass is 377 g/mol. The van der Waals surface area contributed by atoms with E-state index >= 15 is 0 Å². The van der Waals surface area contributed by atoms with Gasteiger partial charge in [-0.3, -0.25) is 14.5 Å². The molecule has 0 saturated carbocycles. The highest BCUT2D eigenvalue weighted by molar-refractivity contribution is 5.96. The SMILES string of the molecule is COCC(=O)Nc1ccc(NC(=O)[C@@H](C(C)C)N2C[C@H](C)O[C@@H](C)C2)cc1. The van der Waals surface area contributed by atoms with Gasteiger partial charge in [0.25, 0.3) is 0 Å². The minimum absolute atomic E-state index is 0.00491. The summed E-state index contributed by atoms with van der Waals surface area (Å²) >= 11 is 0. The maximum atomic E-state index is 12.9. The molecule has 1 aromatic carbocycles. The van der Waals surface area contributed by atoms with Crippen molar-refractivity contribution in [2.75, 3.05) is 37.4 Å². The zero-order chi connectivity index (χ0) is 20.0. The number of methoxy groups -OCH3 is 1. The molecular weight excluding hydrogens is 346 g/mol. The summed E-state index contributed by atoms with van der Waals surface area (Å²) in [6.07, 6.45) is 0.218. The summed E-state index contributed by atoms with van der Waals surface area (Å²) in [6, 6.07) is 6.85. The van der Waals surface area contributed by atoms with Crippen LogP contribution in [0.5, 0.6) is 0 Å². The van der Waals surface area contributed by atoms with Crippen molar-refractivity contribution in [3.63, 3.8) is 0 Å². The highest BCUT2D eigenvalue weighted by Crippen LogP contribution is 2.21. The van der Waals surface area contributed by atoms with E-state index in [0.717, 1.165) is 13.1 Å². The number of morpholine rings is 1. The van der Waals surface area contributed by atoms with Crippen LogP contribution in [0.1, 0.15) is 27.7 Å². The number of hydrogen-bond acceptors (Lipinski definition) is 5. The van der Waals surface area contributed by atoms with Crippen molar-refractivity contribution in [2.24, 2.45) is 5.92 Å². The molecule has 1 aromatic rings. The Balaban J connectivity index is 2.01. The average molecular weight is 377 g/mol. The molecule has 3 atom stereocenters. The minimum atomic E-state index is -0.222. The van der Waals surface area contributed by atoms with Crippen molar-refractivity contribution in [3.8, 4) is 0 Å². The van der Waals surface area contributed by atoms with Gasteiger partial charge in [0, 0.05) is 31.6 Å². The van der Waals surface area contributed by atoms with Gasteiger partial charge in [-0.2, -0.15) is 0 Å².